The van der Waals surface area contributed by atoms with Gasteiger partial charge in [-0.05, 0) is 18.4 Å². The topological polar surface area (TPSA) is 83.6 Å². The number of carbonyl (C=O) groups is 1. The summed E-state index contributed by atoms with van der Waals surface area (Å²) in [6, 6.07) is 9.96. The molecule has 1 fully saturated rings. The van der Waals surface area contributed by atoms with Crippen molar-refractivity contribution in [1.82, 2.24) is 25.9 Å². The van der Waals surface area contributed by atoms with E-state index in [4.69, 9.17) is 0 Å². The van der Waals surface area contributed by atoms with Crippen LogP contribution in [0.5, 0.6) is 0 Å². The molecular weight excluding hydrogens is 242 g/mol. The molecule has 2 N–H and O–H groups in total. The maximum absolute atomic E-state index is 12.4. The van der Waals surface area contributed by atoms with E-state index in [-0.39, 0.29) is 11.3 Å². The van der Waals surface area contributed by atoms with Gasteiger partial charge in [0.25, 0.3) is 0 Å². The van der Waals surface area contributed by atoms with Gasteiger partial charge < -0.3 is 5.32 Å². The Morgan fingerprint density at radius 2 is 2.11 bits per heavy atom. The Kier molecular flexibility index (Phi) is 2.98. The summed E-state index contributed by atoms with van der Waals surface area (Å²) in [5.74, 6) is 0.547. The molecular formula is C13H15N5O. The second-order valence-electron chi connectivity index (χ2n) is 4.81. The second-order valence-corrected chi connectivity index (χ2v) is 4.81. The van der Waals surface area contributed by atoms with Crippen LogP contribution < -0.4 is 5.32 Å². The molecule has 6 nitrogen and oxygen atoms in total. The first-order valence-electron chi connectivity index (χ1n) is 6.37. The highest BCUT2D eigenvalue weighted by Crippen LogP contribution is 2.43. The van der Waals surface area contributed by atoms with Gasteiger partial charge in [0.2, 0.25) is 5.91 Å². The SMILES string of the molecule is O=C(NCc1nn[nH]n1)C1(c2ccccc2)CCC1. The van der Waals surface area contributed by atoms with Gasteiger partial charge >= 0.3 is 0 Å². The fraction of sp³-hybridized carbons (Fsp3) is 0.385. The minimum atomic E-state index is -0.370. The quantitative estimate of drug-likeness (QED) is 0.853. The molecule has 1 amide bonds. The molecule has 6 heteroatoms. The van der Waals surface area contributed by atoms with Crippen molar-refractivity contribution in [2.45, 2.75) is 31.2 Å². The molecule has 1 aromatic heterocycles. The van der Waals surface area contributed by atoms with Crippen LogP contribution in [-0.2, 0) is 16.8 Å². The minimum Gasteiger partial charge on any atom is -0.348 e. The molecule has 0 atom stereocenters. The van der Waals surface area contributed by atoms with Crippen LogP contribution in [0.25, 0.3) is 0 Å². The Labute approximate surface area is 110 Å². The molecule has 0 saturated heterocycles. The van der Waals surface area contributed by atoms with Crippen molar-refractivity contribution >= 4 is 5.91 Å². The Hall–Kier alpha value is -2.24. The van der Waals surface area contributed by atoms with Gasteiger partial charge in [0.05, 0.1) is 12.0 Å². The summed E-state index contributed by atoms with van der Waals surface area (Å²) in [7, 11) is 0. The van der Waals surface area contributed by atoms with Crippen LogP contribution in [-0.4, -0.2) is 26.5 Å². The third-order valence-electron chi connectivity index (χ3n) is 3.76. The number of amides is 1. The van der Waals surface area contributed by atoms with Crippen molar-refractivity contribution in [3.8, 4) is 0 Å². The van der Waals surface area contributed by atoms with Crippen molar-refractivity contribution in [1.29, 1.82) is 0 Å². The smallest absolute Gasteiger partial charge is 0.231 e. The first-order valence-corrected chi connectivity index (χ1v) is 6.37. The molecule has 98 valence electrons. The minimum absolute atomic E-state index is 0.0507. The maximum Gasteiger partial charge on any atom is 0.231 e. The van der Waals surface area contributed by atoms with Gasteiger partial charge in [-0.3, -0.25) is 4.79 Å². The first kappa shape index (κ1) is 11.8. The Morgan fingerprint density at radius 3 is 2.68 bits per heavy atom. The van der Waals surface area contributed by atoms with Crippen LogP contribution in [0.1, 0.15) is 30.7 Å². The molecule has 0 unspecified atom stereocenters. The van der Waals surface area contributed by atoms with Gasteiger partial charge in [0, 0.05) is 0 Å². The van der Waals surface area contributed by atoms with E-state index in [0.29, 0.717) is 12.4 Å². The van der Waals surface area contributed by atoms with E-state index >= 15 is 0 Å². The van der Waals surface area contributed by atoms with E-state index in [0.717, 1.165) is 24.8 Å². The largest absolute Gasteiger partial charge is 0.348 e. The second kappa shape index (κ2) is 4.79. The number of nitrogens with zero attached hydrogens (tertiary/aromatic N) is 3. The lowest BCUT2D eigenvalue weighted by atomic mass is 9.64. The van der Waals surface area contributed by atoms with Crippen LogP contribution in [0, 0.1) is 0 Å². The number of tetrazole rings is 1. The molecule has 0 spiro atoms. The van der Waals surface area contributed by atoms with E-state index in [9.17, 15) is 4.79 Å². The lowest BCUT2D eigenvalue weighted by Gasteiger charge is -2.40. The summed E-state index contributed by atoms with van der Waals surface area (Å²) in [5.41, 5.74) is 0.720. The summed E-state index contributed by atoms with van der Waals surface area (Å²) >= 11 is 0. The summed E-state index contributed by atoms with van der Waals surface area (Å²) in [6.45, 7) is 0.309. The highest BCUT2D eigenvalue weighted by Gasteiger charge is 2.45. The average molecular weight is 257 g/mol. The summed E-state index contributed by atoms with van der Waals surface area (Å²) in [4.78, 5) is 12.4. The fourth-order valence-corrected chi connectivity index (χ4v) is 2.52. The van der Waals surface area contributed by atoms with Gasteiger partial charge in [-0.15, -0.1) is 10.2 Å². The molecule has 1 aliphatic rings. The van der Waals surface area contributed by atoms with Gasteiger partial charge in [-0.2, -0.15) is 5.21 Å². The predicted octanol–water partition coefficient (Wildman–Crippen LogP) is 0.938. The van der Waals surface area contributed by atoms with E-state index in [1.165, 1.54) is 0 Å². The van der Waals surface area contributed by atoms with Gasteiger partial charge in [0.1, 0.15) is 0 Å². The van der Waals surface area contributed by atoms with Crippen LogP contribution in [0.4, 0.5) is 0 Å². The van der Waals surface area contributed by atoms with E-state index in [1.54, 1.807) is 0 Å². The molecule has 1 saturated carbocycles. The monoisotopic (exact) mass is 257 g/mol. The van der Waals surface area contributed by atoms with E-state index in [2.05, 4.69) is 25.9 Å². The van der Waals surface area contributed by atoms with Crippen molar-refractivity contribution in [2.24, 2.45) is 0 Å². The summed E-state index contributed by atoms with van der Waals surface area (Å²) in [6.07, 6.45) is 2.88. The highest BCUT2D eigenvalue weighted by atomic mass is 16.2. The van der Waals surface area contributed by atoms with Crippen LogP contribution in [0.2, 0.25) is 0 Å². The van der Waals surface area contributed by atoms with Crippen LogP contribution in [0.15, 0.2) is 30.3 Å². The highest BCUT2D eigenvalue weighted by molar-refractivity contribution is 5.89. The van der Waals surface area contributed by atoms with Gasteiger partial charge in [0.15, 0.2) is 5.82 Å². The number of nitrogens with one attached hydrogen (secondary N) is 2. The third-order valence-corrected chi connectivity index (χ3v) is 3.76. The van der Waals surface area contributed by atoms with Crippen molar-refractivity contribution < 1.29 is 4.79 Å². The van der Waals surface area contributed by atoms with Crippen molar-refractivity contribution in [3.05, 3.63) is 41.7 Å². The zero-order valence-corrected chi connectivity index (χ0v) is 10.5. The average Bonchev–Trinajstić information content (AvgIpc) is 2.89. The standard InChI is InChI=1S/C13H15N5O/c19-12(14-9-11-15-17-18-16-11)13(7-4-8-13)10-5-2-1-3-6-10/h1-3,5-6H,4,7-9H2,(H,14,19)(H,15,16,17,18). The fourth-order valence-electron chi connectivity index (χ4n) is 2.52. The summed E-state index contributed by atoms with van der Waals surface area (Å²) in [5, 5.41) is 16.4. The Bertz CT molecular complexity index is 548. The Morgan fingerprint density at radius 1 is 1.32 bits per heavy atom. The molecule has 19 heavy (non-hydrogen) atoms. The maximum atomic E-state index is 12.4. The number of H-pyrrole nitrogens is 1. The van der Waals surface area contributed by atoms with Crippen LogP contribution in [0.3, 0.4) is 0 Å². The normalized spacial score (nSPS) is 16.6. The third kappa shape index (κ3) is 2.09. The number of benzene rings is 1. The number of hydrogen-bond acceptors (Lipinski definition) is 4. The molecule has 0 aliphatic heterocycles. The lowest BCUT2D eigenvalue weighted by molar-refractivity contribution is -0.130. The van der Waals surface area contributed by atoms with E-state index < -0.39 is 0 Å². The van der Waals surface area contributed by atoms with Crippen molar-refractivity contribution in [2.75, 3.05) is 0 Å². The zero-order valence-electron chi connectivity index (χ0n) is 10.5. The Balaban J connectivity index is 1.73. The predicted molar refractivity (Wildman–Crippen MR) is 68.0 cm³/mol. The van der Waals surface area contributed by atoms with Gasteiger partial charge in [-0.25, -0.2) is 0 Å². The van der Waals surface area contributed by atoms with Crippen LogP contribution >= 0.6 is 0 Å². The number of rotatable bonds is 4. The molecule has 1 aliphatic carbocycles. The molecule has 1 aromatic carbocycles. The number of hydrogen-bond donors (Lipinski definition) is 2. The zero-order chi connectivity index (χ0) is 13.1. The number of aromatic nitrogens is 4. The first-order chi connectivity index (χ1) is 9.31. The van der Waals surface area contributed by atoms with E-state index in [1.807, 2.05) is 30.3 Å². The van der Waals surface area contributed by atoms with Gasteiger partial charge in [-0.1, -0.05) is 42.0 Å². The number of carbonyl (C=O) groups excluding carboxylic acids is 1. The summed E-state index contributed by atoms with van der Waals surface area (Å²) < 4.78 is 0. The molecule has 0 radical (unpaired) electrons. The molecule has 0 bridgehead atoms. The molecule has 1 heterocycles. The number of aromatic amines is 1. The molecule has 3 rings (SSSR count). The molecule has 2 aromatic rings. The lowest BCUT2D eigenvalue weighted by Crippen LogP contribution is -2.49. The van der Waals surface area contributed by atoms with Crippen molar-refractivity contribution in [3.63, 3.8) is 0 Å².